The van der Waals surface area contributed by atoms with E-state index in [4.69, 9.17) is 9.47 Å². The zero-order valence-electron chi connectivity index (χ0n) is 18.3. The third-order valence-corrected chi connectivity index (χ3v) is 5.71. The van der Waals surface area contributed by atoms with Gasteiger partial charge < -0.3 is 19.7 Å². The first-order chi connectivity index (χ1) is 14.0. The third kappa shape index (κ3) is 6.65. The maximum absolute atomic E-state index is 12.6. The summed E-state index contributed by atoms with van der Waals surface area (Å²) >= 11 is 0. The largest absolute Gasteiger partial charge is 0.493 e. The molecule has 0 radical (unpaired) electrons. The number of nitrogens with one attached hydrogen (secondary N) is 1. The highest BCUT2D eigenvalue weighted by atomic mass is 16.5. The summed E-state index contributed by atoms with van der Waals surface area (Å²) in [5, 5.41) is 3.16. The Kier molecular flexibility index (Phi) is 9.29. The summed E-state index contributed by atoms with van der Waals surface area (Å²) in [7, 11) is 1.62. The fourth-order valence-electron chi connectivity index (χ4n) is 3.80. The van der Waals surface area contributed by atoms with E-state index < -0.39 is 0 Å². The van der Waals surface area contributed by atoms with Gasteiger partial charge >= 0.3 is 0 Å². The Morgan fingerprint density at radius 1 is 1.14 bits per heavy atom. The lowest BCUT2D eigenvalue weighted by Crippen LogP contribution is -2.47. The molecule has 0 bridgehead atoms. The number of piperidine rings is 1. The number of methoxy groups -OCH3 is 1. The fraction of sp³-hybridized carbons (Fsp3) is 0.652. The lowest BCUT2D eigenvalue weighted by molar-refractivity contribution is -0.132. The average Bonchev–Trinajstić information content (AvgIpc) is 2.74. The second kappa shape index (κ2) is 11.7. The molecule has 2 rings (SSSR count). The van der Waals surface area contributed by atoms with Crippen molar-refractivity contribution in [3.8, 4) is 11.5 Å². The lowest BCUT2D eigenvalue weighted by Gasteiger charge is -2.33. The van der Waals surface area contributed by atoms with Crippen LogP contribution in [-0.2, 0) is 16.0 Å². The number of hydrogen-bond donors (Lipinski definition) is 1. The number of benzene rings is 1. The number of likely N-dealkylation sites (tertiary alicyclic amines) is 1. The molecule has 0 aromatic heterocycles. The molecule has 162 valence electrons. The van der Waals surface area contributed by atoms with Gasteiger partial charge in [0.1, 0.15) is 0 Å². The lowest BCUT2D eigenvalue weighted by atomic mass is 9.99. The van der Waals surface area contributed by atoms with Crippen LogP contribution in [0.2, 0.25) is 0 Å². The molecule has 1 heterocycles. The maximum Gasteiger partial charge on any atom is 0.223 e. The summed E-state index contributed by atoms with van der Waals surface area (Å²) in [5.41, 5.74) is 1.06. The van der Waals surface area contributed by atoms with Crippen molar-refractivity contribution in [3.05, 3.63) is 23.8 Å². The Bertz CT molecular complexity index is 665. The molecular formula is C23H36N2O4. The average molecular weight is 405 g/mol. The number of amides is 2. The minimum atomic E-state index is 0.0979. The number of carbonyl (C=O) groups excluding carboxylic acids is 2. The molecule has 29 heavy (non-hydrogen) atoms. The topological polar surface area (TPSA) is 67.9 Å². The second-order valence-electron chi connectivity index (χ2n) is 7.60. The Balaban J connectivity index is 1.79. The van der Waals surface area contributed by atoms with E-state index in [2.05, 4.69) is 19.2 Å². The number of hydrogen-bond acceptors (Lipinski definition) is 4. The van der Waals surface area contributed by atoms with E-state index in [1.54, 1.807) is 7.11 Å². The van der Waals surface area contributed by atoms with E-state index in [1.165, 1.54) is 0 Å². The van der Waals surface area contributed by atoms with Crippen LogP contribution in [0.15, 0.2) is 18.2 Å². The summed E-state index contributed by atoms with van der Waals surface area (Å²) < 4.78 is 10.9. The number of nitrogens with zero attached hydrogens (tertiary/aromatic N) is 1. The smallest absolute Gasteiger partial charge is 0.223 e. The van der Waals surface area contributed by atoms with Crippen LogP contribution >= 0.6 is 0 Å². The Morgan fingerprint density at radius 3 is 2.41 bits per heavy atom. The SMILES string of the molecule is CCOc1ccc(CCC(=O)N2CCC(NC(=O)C(CC)CC)CC2)cc1OC. The van der Waals surface area contributed by atoms with E-state index in [0.717, 1.165) is 37.0 Å². The fourth-order valence-corrected chi connectivity index (χ4v) is 3.80. The van der Waals surface area contributed by atoms with E-state index in [9.17, 15) is 9.59 Å². The molecule has 1 aliphatic rings. The Hall–Kier alpha value is -2.24. The van der Waals surface area contributed by atoms with Crippen molar-refractivity contribution in [2.75, 3.05) is 26.8 Å². The summed E-state index contributed by atoms with van der Waals surface area (Å²) in [6.07, 6.45) is 4.55. The molecule has 1 aromatic rings. The van der Waals surface area contributed by atoms with Crippen LogP contribution in [-0.4, -0.2) is 49.6 Å². The van der Waals surface area contributed by atoms with Crippen molar-refractivity contribution in [1.29, 1.82) is 0 Å². The van der Waals surface area contributed by atoms with Crippen molar-refractivity contribution < 1.29 is 19.1 Å². The van der Waals surface area contributed by atoms with Crippen LogP contribution in [0.25, 0.3) is 0 Å². The van der Waals surface area contributed by atoms with Gasteiger partial charge in [0.05, 0.1) is 13.7 Å². The van der Waals surface area contributed by atoms with Crippen molar-refractivity contribution >= 4 is 11.8 Å². The minimum Gasteiger partial charge on any atom is -0.493 e. The predicted molar refractivity (Wildman–Crippen MR) is 114 cm³/mol. The molecule has 1 saturated heterocycles. The van der Waals surface area contributed by atoms with E-state index in [1.807, 2.05) is 30.0 Å². The van der Waals surface area contributed by atoms with Crippen LogP contribution in [0, 0.1) is 5.92 Å². The summed E-state index contributed by atoms with van der Waals surface area (Å²) in [5.74, 6) is 1.85. The van der Waals surface area contributed by atoms with E-state index >= 15 is 0 Å². The first-order valence-corrected chi connectivity index (χ1v) is 10.9. The summed E-state index contributed by atoms with van der Waals surface area (Å²) in [4.78, 5) is 26.8. The zero-order valence-corrected chi connectivity index (χ0v) is 18.3. The molecule has 0 unspecified atom stereocenters. The van der Waals surface area contributed by atoms with Crippen molar-refractivity contribution in [3.63, 3.8) is 0 Å². The Labute approximate surface area is 174 Å². The predicted octanol–water partition coefficient (Wildman–Crippen LogP) is 3.57. The second-order valence-corrected chi connectivity index (χ2v) is 7.60. The van der Waals surface area contributed by atoms with Gasteiger partial charge in [-0.1, -0.05) is 19.9 Å². The van der Waals surface area contributed by atoms with Crippen molar-refractivity contribution in [2.45, 2.75) is 65.3 Å². The van der Waals surface area contributed by atoms with Gasteiger partial charge in [0.25, 0.3) is 0 Å². The van der Waals surface area contributed by atoms with E-state index in [-0.39, 0.29) is 23.8 Å². The normalized spacial score (nSPS) is 14.7. The third-order valence-electron chi connectivity index (χ3n) is 5.71. The highest BCUT2D eigenvalue weighted by Gasteiger charge is 2.25. The number of carbonyl (C=O) groups is 2. The number of rotatable bonds is 10. The highest BCUT2D eigenvalue weighted by molar-refractivity contribution is 5.79. The molecule has 0 spiro atoms. The van der Waals surface area contributed by atoms with Gasteiger partial charge in [0.15, 0.2) is 11.5 Å². The van der Waals surface area contributed by atoms with Crippen LogP contribution in [0.3, 0.4) is 0 Å². The van der Waals surface area contributed by atoms with Gasteiger partial charge in [-0.2, -0.15) is 0 Å². The van der Waals surface area contributed by atoms with Crippen LogP contribution in [0.5, 0.6) is 11.5 Å². The number of ether oxygens (including phenoxy) is 2. The molecule has 2 amide bonds. The summed E-state index contributed by atoms with van der Waals surface area (Å²) in [6, 6.07) is 6.01. The number of aryl methyl sites for hydroxylation is 1. The monoisotopic (exact) mass is 404 g/mol. The highest BCUT2D eigenvalue weighted by Crippen LogP contribution is 2.28. The van der Waals surface area contributed by atoms with E-state index in [0.29, 0.717) is 38.3 Å². The molecule has 1 aliphatic heterocycles. The quantitative estimate of drug-likeness (QED) is 0.647. The molecular weight excluding hydrogens is 368 g/mol. The molecule has 6 nitrogen and oxygen atoms in total. The standard InChI is InChI=1S/C23H36N2O4/c1-5-18(6-2)23(27)24-19-12-14-25(15-13-19)22(26)11-9-17-8-10-20(29-7-3)21(16-17)28-4/h8,10,16,18-19H,5-7,9,11-15H2,1-4H3,(H,24,27). The molecule has 1 N–H and O–H groups in total. The molecule has 6 heteroatoms. The van der Waals surface area contributed by atoms with Crippen LogP contribution in [0.4, 0.5) is 0 Å². The first kappa shape index (κ1) is 23.0. The molecule has 1 fully saturated rings. The van der Waals surface area contributed by atoms with Gasteiger partial charge in [-0.25, -0.2) is 0 Å². The maximum atomic E-state index is 12.6. The van der Waals surface area contributed by atoms with Gasteiger partial charge in [-0.05, 0) is 56.7 Å². The van der Waals surface area contributed by atoms with Gasteiger partial charge in [0, 0.05) is 31.5 Å². The Morgan fingerprint density at radius 2 is 1.83 bits per heavy atom. The summed E-state index contributed by atoms with van der Waals surface area (Å²) in [6.45, 7) is 8.04. The van der Waals surface area contributed by atoms with Crippen LogP contribution in [0.1, 0.15) is 58.4 Å². The molecule has 0 saturated carbocycles. The molecule has 0 atom stereocenters. The zero-order chi connectivity index (χ0) is 21.2. The first-order valence-electron chi connectivity index (χ1n) is 10.9. The van der Waals surface area contributed by atoms with Gasteiger partial charge in [-0.3, -0.25) is 9.59 Å². The molecule has 0 aliphatic carbocycles. The molecule has 1 aromatic carbocycles. The van der Waals surface area contributed by atoms with Gasteiger partial charge in [-0.15, -0.1) is 0 Å². The van der Waals surface area contributed by atoms with Crippen molar-refractivity contribution in [1.82, 2.24) is 10.2 Å². The van der Waals surface area contributed by atoms with Crippen molar-refractivity contribution in [2.24, 2.45) is 5.92 Å². The van der Waals surface area contributed by atoms with Gasteiger partial charge in [0.2, 0.25) is 11.8 Å². The minimum absolute atomic E-state index is 0.0979. The van der Waals surface area contributed by atoms with Crippen LogP contribution < -0.4 is 14.8 Å².